The van der Waals surface area contributed by atoms with Crippen molar-refractivity contribution in [2.75, 3.05) is 13.1 Å². The van der Waals surface area contributed by atoms with Gasteiger partial charge < -0.3 is 10.1 Å². The van der Waals surface area contributed by atoms with Crippen LogP contribution in [-0.2, 0) is 4.74 Å². The van der Waals surface area contributed by atoms with E-state index in [1.807, 2.05) is 6.07 Å². The standard InChI is InChI=1S/C15H22ClNOS/c1-14(2)5-7-15(8-6-14)10-17-9-11(18-15)12-3-4-13(16)19-12/h3-4,11,17H,5-10H2,1-2H3. The van der Waals surface area contributed by atoms with Gasteiger partial charge in [0, 0.05) is 18.0 Å². The highest BCUT2D eigenvalue weighted by Crippen LogP contribution is 2.45. The van der Waals surface area contributed by atoms with Gasteiger partial charge in [0.2, 0.25) is 0 Å². The van der Waals surface area contributed by atoms with E-state index in [1.54, 1.807) is 11.3 Å². The lowest BCUT2D eigenvalue weighted by atomic mass is 9.70. The van der Waals surface area contributed by atoms with Gasteiger partial charge >= 0.3 is 0 Å². The molecule has 2 aliphatic rings. The number of ether oxygens (including phenoxy) is 1. The van der Waals surface area contributed by atoms with E-state index in [9.17, 15) is 0 Å². The molecule has 1 aromatic rings. The third-order valence-electron chi connectivity index (χ3n) is 4.60. The van der Waals surface area contributed by atoms with Crippen LogP contribution in [0.25, 0.3) is 0 Å². The summed E-state index contributed by atoms with van der Waals surface area (Å²) in [5, 5.41) is 3.57. The Morgan fingerprint density at radius 2 is 2.00 bits per heavy atom. The van der Waals surface area contributed by atoms with Crippen LogP contribution in [0.4, 0.5) is 0 Å². The van der Waals surface area contributed by atoms with Gasteiger partial charge in [0.1, 0.15) is 6.10 Å². The molecule has 1 atom stereocenters. The molecular weight excluding hydrogens is 278 g/mol. The van der Waals surface area contributed by atoms with Gasteiger partial charge in [-0.1, -0.05) is 25.4 Å². The molecule has 3 rings (SSSR count). The van der Waals surface area contributed by atoms with Crippen molar-refractivity contribution in [2.45, 2.75) is 51.2 Å². The first-order valence-electron chi connectivity index (χ1n) is 7.12. The molecule has 1 aliphatic heterocycles. The zero-order valence-electron chi connectivity index (χ0n) is 11.7. The lowest BCUT2D eigenvalue weighted by Gasteiger charge is -2.47. The van der Waals surface area contributed by atoms with Crippen molar-refractivity contribution in [1.82, 2.24) is 5.32 Å². The summed E-state index contributed by atoms with van der Waals surface area (Å²) in [5.41, 5.74) is 0.530. The van der Waals surface area contributed by atoms with Gasteiger partial charge in [-0.2, -0.15) is 0 Å². The summed E-state index contributed by atoms with van der Waals surface area (Å²) in [6.07, 6.45) is 5.03. The van der Waals surface area contributed by atoms with E-state index in [1.165, 1.54) is 30.6 Å². The lowest BCUT2D eigenvalue weighted by Crippen LogP contribution is -2.53. The summed E-state index contributed by atoms with van der Waals surface area (Å²) in [7, 11) is 0. The minimum Gasteiger partial charge on any atom is -0.364 e. The Morgan fingerprint density at radius 1 is 1.26 bits per heavy atom. The largest absolute Gasteiger partial charge is 0.364 e. The van der Waals surface area contributed by atoms with Crippen LogP contribution in [0.2, 0.25) is 4.34 Å². The molecule has 2 fully saturated rings. The van der Waals surface area contributed by atoms with Gasteiger partial charge in [0.15, 0.2) is 0 Å². The number of halogens is 1. The maximum atomic E-state index is 6.50. The molecule has 0 aromatic carbocycles. The second kappa shape index (κ2) is 5.03. The number of nitrogens with one attached hydrogen (secondary N) is 1. The van der Waals surface area contributed by atoms with Crippen LogP contribution in [0.1, 0.15) is 50.5 Å². The fraction of sp³-hybridized carbons (Fsp3) is 0.733. The molecular formula is C15H22ClNOS. The van der Waals surface area contributed by atoms with E-state index in [2.05, 4.69) is 25.2 Å². The molecule has 1 N–H and O–H groups in total. The van der Waals surface area contributed by atoms with Gasteiger partial charge in [-0.3, -0.25) is 0 Å². The van der Waals surface area contributed by atoms with Crippen molar-refractivity contribution in [3.63, 3.8) is 0 Å². The molecule has 1 aliphatic carbocycles. The second-order valence-corrected chi connectivity index (χ2v) is 8.47. The zero-order valence-corrected chi connectivity index (χ0v) is 13.2. The van der Waals surface area contributed by atoms with E-state index < -0.39 is 0 Å². The first-order valence-corrected chi connectivity index (χ1v) is 8.31. The van der Waals surface area contributed by atoms with Crippen molar-refractivity contribution in [2.24, 2.45) is 5.41 Å². The van der Waals surface area contributed by atoms with Crippen LogP contribution in [0.5, 0.6) is 0 Å². The monoisotopic (exact) mass is 299 g/mol. The average molecular weight is 300 g/mol. The Morgan fingerprint density at radius 3 is 2.63 bits per heavy atom. The maximum Gasteiger partial charge on any atom is 0.105 e. The lowest BCUT2D eigenvalue weighted by molar-refractivity contribution is -0.146. The highest BCUT2D eigenvalue weighted by molar-refractivity contribution is 7.16. The van der Waals surface area contributed by atoms with Gasteiger partial charge in [-0.05, 0) is 43.2 Å². The molecule has 1 saturated carbocycles. The Hall–Kier alpha value is -0.0900. The summed E-state index contributed by atoms with van der Waals surface area (Å²) in [6, 6.07) is 4.07. The number of thiophene rings is 1. The number of hydrogen-bond acceptors (Lipinski definition) is 3. The quantitative estimate of drug-likeness (QED) is 0.830. The molecule has 106 valence electrons. The van der Waals surface area contributed by atoms with E-state index in [0.717, 1.165) is 17.4 Å². The molecule has 0 bridgehead atoms. The third-order valence-corrected chi connectivity index (χ3v) is 5.92. The van der Waals surface area contributed by atoms with Crippen LogP contribution < -0.4 is 5.32 Å². The predicted octanol–water partition coefficient (Wildman–Crippen LogP) is 4.40. The second-order valence-electron chi connectivity index (χ2n) is 6.73. The molecule has 0 amide bonds. The molecule has 1 aromatic heterocycles. The normalized spacial score (nSPS) is 29.5. The maximum absolute atomic E-state index is 6.50. The van der Waals surface area contributed by atoms with Crippen molar-refractivity contribution < 1.29 is 4.74 Å². The number of rotatable bonds is 1. The van der Waals surface area contributed by atoms with Crippen molar-refractivity contribution in [3.8, 4) is 0 Å². The zero-order chi connectivity index (χ0) is 13.5. The van der Waals surface area contributed by atoms with E-state index in [0.29, 0.717) is 5.41 Å². The Kier molecular flexibility index (Phi) is 3.67. The summed E-state index contributed by atoms with van der Waals surface area (Å²) >= 11 is 7.68. The smallest absolute Gasteiger partial charge is 0.105 e. The van der Waals surface area contributed by atoms with Crippen LogP contribution >= 0.6 is 22.9 Å². The fourth-order valence-electron chi connectivity index (χ4n) is 3.15. The highest BCUT2D eigenvalue weighted by Gasteiger charge is 2.43. The average Bonchev–Trinajstić information content (AvgIpc) is 2.81. The summed E-state index contributed by atoms with van der Waals surface area (Å²) in [6.45, 7) is 6.64. The molecule has 1 saturated heterocycles. The summed E-state index contributed by atoms with van der Waals surface area (Å²) < 4.78 is 7.35. The fourth-order valence-corrected chi connectivity index (χ4v) is 4.24. The van der Waals surface area contributed by atoms with Crippen LogP contribution in [0.15, 0.2) is 12.1 Å². The molecule has 2 heterocycles. The van der Waals surface area contributed by atoms with E-state index >= 15 is 0 Å². The van der Waals surface area contributed by atoms with Gasteiger partial charge in [0.05, 0.1) is 9.94 Å². The Labute approximate surface area is 124 Å². The highest BCUT2D eigenvalue weighted by atomic mass is 35.5. The van der Waals surface area contributed by atoms with Crippen molar-refractivity contribution >= 4 is 22.9 Å². The number of morpholine rings is 1. The molecule has 2 nitrogen and oxygen atoms in total. The molecule has 0 radical (unpaired) electrons. The van der Waals surface area contributed by atoms with Crippen molar-refractivity contribution in [3.05, 3.63) is 21.3 Å². The van der Waals surface area contributed by atoms with Gasteiger partial charge in [-0.15, -0.1) is 11.3 Å². The van der Waals surface area contributed by atoms with Gasteiger partial charge in [0.25, 0.3) is 0 Å². The Bertz CT molecular complexity index is 447. The van der Waals surface area contributed by atoms with Gasteiger partial charge in [-0.25, -0.2) is 0 Å². The Balaban J connectivity index is 1.71. The topological polar surface area (TPSA) is 21.3 Å². The summed E-state index contributed by atoms with van der Waals surface area (Å²) in [4.78, 5) is 1.25. The molecule has 1 spiro atoms. The minimum atomic E-state index is 0.0505. The van der Waals surface area contributed by atoms with Crippen LogP contribution in [0, 0.1) is 5.41 Å². The molecule has 4 heteroatoms. The summed E-state index contributed by atoms with van der Waals surface area (Å²) in [5.74, 6) is 0. The van der Waals surface area contributed by atoms with Crippen LogP contribution in [-0.4, -0.2) is 18.7 Å². The first kappa shape index (κ1) is 13.9. The molecule has 19 heavy (non-hydrogen) atoms. The van der Waals surface area contributed by atoms with E-state index in [4.69, 9.17) is 16.3 Å². The van der Waals surface area contributed by atoms with Crippen LogP contribution in [0.3, 0.4) is 0 Å². The minimum absolute atomic E-state index is 0.0505. The first-order chi connectivity index (χ1) is 8.98. The SMILES string of the molecule is CC1(C)CCC2(CC1)CNCC(c1ccc(Cl)s1)O2. The van der Waals surface area contributed by atoms with E-state index in [-0.39, 0.29) is 11.7 Å². The third kappa shape index (κ3) is 2.99. The van der Waals surface area contributed by atoms with Crippen molar-refractivity contribution in [1.29, 1.82) is 0 Å². The number of hydrogen-bond donors (Lipinski definition) is 1. The predicted molar refractivity (Wildman–Crippen MR) is 81.0 cm³/mol. The molecule has 1 unspecified atom stereocenters.